The van der Waals surface area contributed by atoms with Crippen molar-refractivity contribution in [3.05, 3.63) is 60.2 Å². The van der Waals surface area contributed by atoms with Crippen molar-refractivity contribution < 1.29 is 17.2 Å². The van der Waals surface area contributed by atoms with Gasteiger partial charge in [-0.15, -0.1) is 0 Å². The van der Waals surface area contributed by atoms with Crippen LogP contribution in [-0.4, -0.2) is 17.2 Å². The van der Waals surface area contributed by atoms with Crippen molar-refractivity contribution in [3.63, 3.8) is 0 Å². The van der Waals surface area contributed by atoms with Crippen LogP contribution in [0.5, 0.6) is 0 Å². The summed E-state index contributed by atoms with van der Waals surface area (Å²) in [6.07, 6.45) is 0. The van der Waals surface area contributed by atoms with Gasteiger partial charge >= 0.3 is 0 Å². The molecule has 4 nitrogen and oxygen atoms in total. The number of sulfone groups is 1. The van der Waals surface area contributed by atoms with E-state index in [1.54, 1.807) is 31.2 Å². The summed E-state index contributed by atoms with van der Waals surface area (Å²) in [4.78, 5) is 0.319. The second-order valence-corrected chi connectivity index (χ2v) is 7.56. The van der Waals surface area contributed by atoms with Gasteiger partial charge in [0.05, 0.1) is 15.0 Å². The molecule has 20 heavy (non-hydrogen) atoms. The Morgan fingerprint density at radius 3 is 2.05 bits per heavy atom. The van der Waals surface area contributed by atoms with Gasteiger partial charge in [0.2, 0.25) is 0 Å². The van der Waals surface area contributed by atoms with Crippen molar-refractivity contribution in [2.24, 2.45) is 0 Å². The number of hydrogen-bond donors (Lipinski definition) is 1. The molecule has 0 saturated heterocycles. The molecule has 6 heteroatoms. The summed E-state index contributed by atoms with van der Waals surface area (Å²) >= 11 is -2.11. The van der Waals surface area contributed by atoms with Gasteiger partial charge in [0.25, 0.3) is 0 Å². The Morgan fingerprint density at radius 1 is 1.00 bits per heavy atom. The number of hydrogen-bond acceptors (Lipinski definition) is 3. The van der Waals surface area contributed by atoms with Gasteiger partial charge in [-0.05, 0) is 36.8 Å². The molecule has 0 aliphatic heterocycles. The molecule has 0 aromatic heterocycles. The lowest BCUT2D eigenvalue weighted by atomic mass is 10.2. The maximum atomic E-state index is 12.5. The van der Waals surface area contributed by atoms with Crippen LogP contribution in [0.3, 0.4) is 0 Å². The zero-order valence-electron chi connectivity index (χ0n) is 10.8. The molecule has 2 atom stereocenters. The lowest BCUT2D eigenvalue weighted by molar-refractivity contribution is 0.563. The van der Waals surface area contributed by atoms with Crippen molar-refractivity contribution in [2.45, 2.75) is 22.0 Å². The fourth-order valence-electron chi connectivity index (χ4n) is 1.85. The van der Waals surface area contributed by atoms with Crippen LogP contribution < -0.4 is 0 Å². The summed E-state index contributed by atoms with van der Waals surface area (Å²) in [6.45, 7) is 1.63. The Morgan fingerprint density at radius 2 is 1.55 bits per heavy atom. The summed E-state index contributed by atoms with van der Waals surface area (Å²) in [6, 6.07) is 14.4. The maximum absolute atomic E-state index is 12.5. The molecule has 2 unspecified atom stereocenters. The average molecular weight is 310 g/mol. The highest BCUT2D eigenvalue weighted by atomic mass is 32.2. The van der Waals surface area contributed by atoms with Crippen LogP contribution in [-0.2, 0) is 20.9 Å². The Balaban J connectivity index is 2.37. The van der Waals surface area contributed by atoms with E-state index in [-0.39, 0.29) is 9.79 Å². The van der Waals surface area contributed by atoms with Crippen molar-refractivity contribution >= 4 is 20.9 Å². The van der Waals surface area contributed by atoms with Crippen LogP contribution in [0.1, 0.15) is 17.7 Å². The van der Waals surface area contributed by atoms with E-state index in [9.17, 15) is 12.6 Å². The lowest BCUT2D eigenvalue weighted by Crippen LogP contribution is -2.10. The van der Waals surface area contributed by atoms with Crippen molar-refractivity contribution in [1.29, 1.82) is 0 Å². The van der Waals surface area contributed by atoms with Gasteiger partial charge in [-0.2, -0.15) is 0 Å². The molecule has 0 aliphatic rings. The predicted octanol–water partition coefficient (Wildman–Crippen LogP) is 2.80. The lowest BCUT2D eigenvalue weighted by Gasteiger charge is -2.13. The largest absolute Gasteiger partial charge is 0.302 e. The highest BCUT2D eigenvalue weighted by molar-refractivity contribution is 7.91. The van der Waals surface area contributed by atoms with Gasteiger partial charge in [0, 0.05) is 0 Å². The first-order chi connectivity index (χ1) is 9.43. The molecule has 2 aromatic carbocycles. The monoisotopic (exact) mass is 310 g/mol. The normalized spacial score (nSPS) is 14.7. The van der Waals surface area contributed by atoms with E-state index >= 15 is 0 Å². The molecule has 0 spiro atoms. The van der Waals surface area contributed by atoms with Crippen molar-refractivity contribution in [3.8, 4) is 0 Å². The van der Waals surface area contributed by atoms with Gasteiger partial charge in [-0.1, -0.05) is 30.3 Å². The zero-order valence-corrected chi connectivity index (χ0v) is 12.4. The van der Waals surface area contributed by atoms with E-state index in [2.05, 4.69) is 0 Å². The highest BCUT2D eigenvalue weighted by Gasteiger charge is 2.24. The predicted molar refractivity (Wildman–Crippen MR) is 77.5 cm³/mol. The first kappa shape index (κ1) is 14.9. The molecular weight excluding hydrogens is 296 g/mol. The topological polar surface area (TPSA) is 71.4 Å². The molecular formula is C14H14O4S2. The van der Waals surface area contributed by atoms with Crippen molar-refractivity contribution in [1.82, 2.24) is 0 Å². The zero-order chi connectivity index (χ0) is 14.8. The molecule has 0 amide bonds. The van der Waals surface area contributed by atoms with Crippen molar-refractivity contribution in [2.75, 3.05) is 0 Å². The smallest absolute Gasteiger partial charge is 0.186 e. The van der Waals surface area contributed by atoms with Crippen LogP contribution in [0.25, 0.3) is 0 Å². The molecule has 0 saturated carbocycles. The van der Waals surface area contributed by atoms with Gasteiger partial charge in [-0.25, -0.2) is 12.6 Å². The van der Waals surface area contributed by atoms with E-state index in [0.29, 0.717) is 5.56 Å². The molecule has 2 aromatic rings. The van der Waals surface area contributed by atoms with E-state index in [4.69, 9.17) is 4.55 Å². The quantitative estimate of drug-likeness (QED) is 0.881. The van der Waals surface area contributed by atoms with Gasteiger partial charge in [0.1, 0.15) is 0 Å². The van der Waals surface area contributed by atoms with Crippen LogP contribution in [0.2, 0.25) is 0 Å². The summed E-state index contributed by atoms with van der Waals surface area (Å²) in [7, 11) is -3.52. The Labute approximate surface area is 120 Å². The number of benzene rings is 2. The summed E-state index contributed by atoms with van der Waals surface area (Å²) in [5.74, 6) is 0. The average Bonchev–Trinajstić information content (AvgIpc) is 2.47. The summed E-state index contributed by atoms with van der Waals surface area (Å²) in [5.41, 5.74) is 0.710. The van der Waals surface area contributed by atoms with E-state index in [1.165, 1.54) is 24.3 Å². The van der Waals surface area contributed by atoms with Gasteiger partial charge in [0.15, 0.2) is 20.9 Å². The minimum absolute atomic E-state index is 0.142. The Hall–Kier alpha value is -1.50. The molecule has 0 radical (unpaired) electrons. The molecule has 1 N–H and O–H groups in total. The molecule has 0 bridgehead atoms. The number of rotatable bonds is 4. The SMILES string of the molecule is CC(c1ccccc1)S(=O)(=O)c1ccc(S(=O)O)cc1. The third-order valence-corrected chi connectivity index (χ3v) is 5.90. The van der Waals surface area contributed by atoms with Crippen LogP contribution in [0.4, 0.5) is 0 Å². The van der Waals surface area contributed by atoms with Crippen LogP contribution in [0.15, 0.2) is 64.4 Å². The first-order valence-corrected chi connectivity index (χ1v) is 8.58. The van der Waals surface area contributed by atoms with Gasteiger partial charge < -0.3 is 4.55 Å². The maximum Gasteiger partial charge on any atom is 0.186 e. The third kappa shape index (κ3) is 2.98. The molecule has 2 rings (SSSR count). The van der Waals surface area contributed by atoms with E-state index in [0.717, 1.165) is 0 Å². The van der Waals surface area contributed by atoms with Crippen LogP contribution >= 0.6 is 0 Å². The summed E-state index contributed by atoms with van der Waals surface area (Å²) in [5, 5.41) is -0.672. The molecule has 106 valence electrons. The fraction of sp³-hybridized carbons (Fsp3) is 0.143. The molecule has 0 fully saturated rings. The standard InChI is InChI=1S/C14H14O4S2/c1-11(12-5-3-2-4-6-12)20(17,18)14-9-7-13(8-10-14)19(15)16/h2-11H,1H3,(H,15,16). The second kappa shape index (κ2) is 5.87. The Kier molecular flexibility index (Phi) is 4.37. The Bertz CT molecular complexity index is 707. The third-order valence-electron chi connectivity index (χ3n) is 3.09. The summed E-state index contributed by atoms with van der Waals surface area (Å²) < 4.78 is 44.8. The minimum Gasteiger partial charge on any atom is -0.302 e. The second-order valence-electron chi connectivity index (χ2n) is 4.32. The molecule has 0 aliphatic carbocycles. The first-order valence-electron chi connectivity index (χ1n) is 5.92. The van der Waals surface area contributed by atoms with E-state index in [1.807, 2.05) is 6.07 Å². The van der Waals surface area contributed by atoms with Crippen LogP contribution in [0, 0.1) is 0 Å². The highest BCUT2D eigenvalue weighted by Crippen LogP contribution is 2.28. The molecule has 0 heterocycles. The van der Waals surface area contributed by atoms with Gasteiger partial charge in [-0.3, -0.25) is 0 Å². The minimum atomic E-state index is -3.52. The fourth-order valence-corrected chi connectivity index (χ4v) is 3.66. The van der Waals surface area contributed by atoms with E-state index < -0.39 is 26.2 Å².